The third-order valence-corrected chi connectivity index (χ3v) is 4.23. The van der Waals surface area contributed by atoms with Crippen LogP contribution in [0, 0.1) is 0 Å². The molecule has 2 amide bonds. The number of aromatic nitrogens is 2. The lowest BCUT2D eigenvalue weighted by Gasteiger charge is -2.29. The molecule has 0 aliphatic carbocycles. The highest BCUT2D eigenvalue weighted by molar-refractivity contribution is 5.88. The molecule has 9 nitrogen and oxygen atoms in total. The molecule has 2 aromatic rings. The van der Waals surface area contributed by atoms with Gasteiger partial charge in [0.05, 0.1) is 32.2 Å². The van der Waals surface area contributed by atoms with Crippen molar-refractivity contribution < 1.29 is 24.1 Å². The second-order valence-electron chi connectivity index (χ2n) is 6.01. The zero-order valence-electron chi connectivity index (χ0n) is 15.1. The number of rotatable bonds is 5. The highest BCUT2D eigenvalue weighted by Gasteiger charge is 2.29. The summed E-state index contributed by atoms with van der Waals surface area (Å²) in [5, 5.41) is 15.4. The van der Waals surface area contributed by atoms with Crippen molar-refractivity contribution in [2.24, 2.45) is 0 Å². The smallest absolute Gasteiger partial charge is 0.320 e. The van der Waals surface area contributed by atoms with Gasteiger partial charge in [0.15, 0.2) is 0 Å². The molecule has 3 rings (SSSR count). The number of anilines is 1. The number of methoxy groups -OCH3 is 1. The maximum atomic E-state index is 11.6. The van der Waals surface area contributed by atoms with Crippen LogP contribution >= 0.6 is 0 Å². The topological polar surface area (TPSA) is 115 Å². The van der Waals surface area contributed by atoms with Crippen LogP contribution in [-0.4, -0.2) is 54.6 Å². The van der Waals surface area contributed by atoms with Gasteiger partial charge >= 0.3 is 6.03 Å². The van der Waals surface area contributed by atoms with E-state index in [1.165, 1.54) is 7.05 Å². The minimum Gasteiger partial charge on any atom is -0.495 e. The molecule has 9 heteroatoms. The van der Waals surface area contributed by atoms with Crippen LogP contribution in [0.5, 0.6) is 17.2 Å². The molecule has 1 aliphatic rings. The summed E-state index contributed by atoms with van der Waals surface area (Å²) in [6, 6.07) is 2.90. The number of aliphatic hydroxyl groups is 1. The van der Waals surface area contributed by atoms with E-state index in [0.29, 0.717) is 48.3 Å². The SMILES string of the molecule is CNC(=O)Nc1cc(Oc2cncc(OC)c2)c([C@@H]2COCC[C@@H]2O)cn1. The van der Waals surface area contributed by atoms with Crippen molar-refractivity contribution in [1.82, 2.24) is 15.3 Å². The lowest BCUT2D eigenvalue weighted by molar-refractivity contribution is -0.00653. The van der Waals surface area contributed by atoms with Crippen molar-refractivity contribution in [2.75, 3.05) is 32.7 Å². The largest absolute Gasteiger partial charge is 0.495 e. The summed E-state index contributed by atoms with van der Waals surface area (Å²) < 4.78 is 16.7. The summed E-state index contributed by atoms with van der Waals surface area (Å²) in [6.45, 7) is 0.870. The second-order valence-corrected chi connectivity index (χ2v) is 6.01. The van der Waals surface area contributed by atoms with Crippen LogP contribution in [-0.2, 0) is 4.74 Å². The number of hydrogen-bond donors (Lipinski definition) is 3. The summed E-state index contributed by atoms with van der Waals surface area (Å²) in [4.78, 5) is 19.9. The monoisotopic (exact) mass is 374 g/mol. The summed E-state index contributed by atoms with van der Waals surface area (Å²) in [6.07, 6.45) is 4.66. The van der Waals surface area contributed by atoms with Crippen molar-refractivity contribution in [3.8, 4) is 17.2 Å². The van der Waals surface area contributed by atoms with E-state index in [0.717, 1.165) is 0 Å². The molecule has 0 bridgehead atoms. The van der Waals surface area contributed by atoms with Gasteiger partial charge in [-0.05, 0) is 6.42 Å². The maximum Gasteiger partial charge on any atom is 0.320 e. The van der Waals surface area contributed by atoms with E-state index in [1.54, 1.807) is 37.8 Å². The van der Waals surface area contributed by atoms with Crippen LogP contribution in [0.4, 0.5) is 10.6 Å². The Morgan fingerprint density at radius 3 is 2.85 bits per heavy atom. The zero-order valence-corrected chi connectivity index (χ0v) is 15.1. The molecular formula is C18H22N4O5. The number of pyridine rings is 2. The van der Waals surface area contributed by atoms with Gasteiger partial charge in [-0.25, -0.2) is 9.78 Å². The number of hydrogen-bond acceptors (Lipinski definition) is 7. The Bertz CT molecular complexity index is 801. The number of nitrogens with one attached hydrogen (secondary N) is 2. The number of aliphatic hydroxyl groups excluding tert-OH is 1. The average molecular weight is 374 g/mol. The standard InChI is InChI=1S/C18H22N4O5/c1-19-18(24)22-17-6-16(27-12-5-11(25-2)7-20-8-12)13(9-21-17)14-10-26-4-3-15(14)23/h5-9,14-15,23H,3-4,10H2,1-2H3,(H2,19,21,22,24)/t14-,15-/m0/s1. The predicted molar refractivity (Wildman–Crippen MR) is 97.4 cm³/mol. The Kier molecular flexibility index (Phi) is 6.05. The molecule has 2 aromatic heterocycles. The van der Waals surface area contributed by atoms with Crippen LogP contribution in [0.1, 0.15) is 17.9 Å². The molecule has 0 saturated carbocycles. The Hall–Kier alpha value is -2.91. The molecule has 1 saturated heterocycles. The summed E-state index contributed by atoms with van der Waals surface area (Å²) in [5.74, 6) is 1.48. The first-order valence-electron chi connectivity index (χ1n) is 8.52. The third kappa shape index (κ3) is 4.63. The van der Waals surface area contributed by atoms with E-state index in [4.69, 9.17) is 14.2 Å². The van der Waals surface area contributed by atoms with Crippen LogP contribution in [0.15, 0.2) is 30.7 Å². The van der Waals surface area contributed by atoms with Crippen molar-refractivity contribution in [3.63, 3.8) is 0 Å². The zero-order chi connectivity index (χ0) is 19.2. The molecule has 2 atom stereocenters. The van der Waals surface area contributed by atoms with Gasteiger partial charge in [0.25, 0.3) is 0 Å². The fourth-order valence-corrected chi connectivity index (χ4v) is 2.78. The highest BCUT2D eigenvalue weighted by Crippen LogP contribution is 2.36. The first-order valence-corrected chi connectivity index (χ1v) is 8.52. The second kappa shape index (κ2) is 8.65. The molecule has 0 unspecified atom stereocenters. The molecule has 144 valence electrons. The van der Waals surface area contributed by atoms with E-state index in [-0.39, 0.29) is 5.92 Å². The number of carbonyl (C=O) groups excluding carboxylic acids is 1. The normalized spacial score (nSPS) is 19.2. The molecule has 0 aromatic carbocycles. The maximum absolute atomic E-state index is 11.6. The quantitative estimate of drug-likeness (QED) is 0.732. The van der Waals surface area contributed by atoms with Crippen molar-refractivity contribution in [1.29, 1.82) is 0 Å². The molecule has 27 heavy (non-hydrogen) atoms. The molecule has 1 aliphatic heterocycles. The number of ether oxygens (including phenoxy) is 3. The van der Waals surface area contributed by atoms with Gasteiger partial charge in [-0.15, -0.1) is 0 Å². The van der Waals surface area contributed by atoms with Crippen LogP contribution in [0.2, 0.25) is 0 Å². The molecule has 3 N–H and O–H groups in total. The lowest BCUT2D eigenvalue weighted by Crippen LogP contribution is -2.30. The van der Waals surface area contributed by atoms with Gasteiger partial charge in [0, 0.05) is 43.5 Å². The number of urea groups is 1. The van der Waals surface area contributed by atoms with Gasteiger partial charge in [-0.2, -0.15) is 0 Å². The Labute approximate surface area is 156 Å². The predicted octanol–water partition coefficient (Wildman–Crippen LogP) is 1.89. The van der Waals surface area contributed by atoms with E-state index in [9.17, 15) is 9.90 Å². The number of amides is 2. The number of carbonyl (C=O) groups is 1. The van der Waals surface area contributed by atoms with Gasteiger partial charge in [-0.1, -0.05) is 0 Å². The minimum absolute atomic E-state index is 0.283. The van der Waals surface area contributed by atoms with Crippen molar-refractivity contribution in [2.45, 2.75) is 18.4 Å². The molecule has 3 heterocycles. The highest BCUT2D eigenvalue weighted by atomic mass is 16.5. The first-order chi connectivity index (χ1) is 13.1. The molecule has 0 radical (unpaired) electrons. The van der Waals surface area contributed by atoms with E-state index in [2.05, 4.69) is 20.6 Å². The van der Waals surface area contributed by atoms with E-state index < -0.39 is 12.1 Å². The average Bonchev–Trinajstić information content (AvgIpc) is 2.69. The Balaban J connectivity index is 1.95. The van der Waals surface area contributed by atoms with Crippen LogP contribution in [0.25, 0.3) is 0 Å². The fraction of sp³-hybridized carbons (Fsp3) is 0.389. The van der Waals surface area contributed by atoms with Crippen molar-refractivity contribution in [3.05, 3.63) is 36.3 Å². The molecule has 0 spiro atoms. The van der Waals surface area contributed by atoms with Crippen LogP contribution < -0.4 is 20.1 Å². The summed E-state index contributed by atoms with van der Waals surface area (Å²) in [7, 11) is 3.05. The molecular weight excluding hydrogens is 352 g/mol. The minimum atomic E-state index is -0.566. The summed E-state index contributed by atoms with van der Waals surface area (Å²) >= 11 is 0. The first kappa shape index (κ1) is 18.9. The van der Waals surface area contributed by atoms with Gasteiger partial charge < -0.3 is 24.6 Å². The van der Waals surface area contributed by atoms with Crippen LogP contribution in [0.3, 0.4) is 0 Å². The van der Waals surface area contributed by atoms with Crippen molar-refractivity contribution >= 4 is 11.8 Å². The van der Waals surface area contributed by atoms with Gasteiger partial charge in [0.2, 0.25) is 0 Å². The Morgan fingerprint density at radius 1 is 1.30 bits per heavy atom. The molecule has 1 fully saturated rings. The Morgan fingerprint density at radius 2 is 2.11 bits per heavy atom. The van der Waals surface area contributed by atoms with E-state index >= 15 is 0 Å². The number of nitrogens with zero attached hydrogens (tertiary/aromatic N) is 2. The van der Waals surface area contributed by atoms with Gasteiger partial charge in [0.1, 0.15) is 23.1 Å². The third-order valence-electron chi connectivity index (χ3n) is 4.23. The van der Waals surface area contributed by atoms with E-state index in [1.807, 2.05) is 0 Å². The van der Waals surface area contributed by atoms with Gasteiger partial charge in [-0.3, -0.25) is 10.3 Å². The fourth-order valence-electron chi connectivity index (χ4n) is 2.78. The summed E-state index contributed by atoms with van der Waals surface area (Å²) in [5.41, 5.74) is 0.687. The lowest BCUT2D eigenvalue weighted by atomic mass is 9.91.